The maximum Gasteiger partial charge on any atom is 0.251 e. The Hall–Kier alpha value is -2.76. The van der Waals surface area contributed by atoms with E-state index in [1.807, 2.05) is 43.0 Å². The molecule has 144 valence electrons. The van der Waals surface area contributed by atoms with E-state index in [1.165, 1.54) is 0 Å². The van der Waals surface area contributed by atoms with Gasteiger partial charge in [-0.3, -0.25) is 9.59 Å². The molecule has 1 aliphatic heterocycles. The van der Waals surface area contributed by atoms with E-state index in [2.05, 4.69) is 4.57 Å². The van der Waals surface area contributed by atoms with E-state index in [4.69, 9.17) is 10.5 Å². The molecule has 2 amide bonds. The summed E-state index contributed by atoms with van der Waals surface area (Å²) in [5.41, 5.74) is 9.98. The van der Waals surface area contributed by atoms with Gasteiger partial charge in [0, 0.05) is 43.0 Å². The largest absolute Gasteiger partial charge is 0.497 e. The second-order valence-corrected chi connectivity index (χ2v) is 7.00. The molecule has 0 bridgehead atoms. The van der Waals surface area contributed by atoms with Gasteiger partial charge in [-0.05, 0) is 44.4 Å². The van der Waals surface area contributed by atoms with Crippen LogP contribution in [0.25, 0.3) is 11.1 Å². The molecule has 1 saturated heterocycles. The van der Waals surface area contributed by atoms with Gasteiger partial charge in [-0.1, -0.05) is 12.1 Å². The molecule has 1 aromatic heterocycles. The Morgan fingerprint density at radius 3 is 2.41 bits per heavy atom. The second-order valence-electron chi connectivity index (χ2n) is 7.00. The Bertz CT molecular complexity index is 853. The maximum absolute atomic E-state index is 12.2. The van der Waals surface area contributed by atoms with Gasteiger partial charge in [0.15, 0.2) is 0 Å². The van der Waals surface area contributed by atoms with Crippen LogP contribution in [0.4, 0.5) is 0 Å². The van der Waals surface area contributed by atoms with Crippen LogP contribution in [0.2, 0.25) is 0 Å². The van der Waals surface area contributed by atoms with Gasteiger partial charge in [0.1, 0.15) is 5.75 Å². The number of benzene rings is 1. The third kappa shape index (κ3) is 3.70. The summed E-state index contributed by atoms with van der Waals surface area (Å²) in [6.07, 6.45) is 2.46. The normalized spacial score (nSPS) is 14.0. The summed E-state index contributed by atoms with van der Waals surface area (Å²) in [7, 11) is 1.63. The lowest BCUT2D eigenvalue weighted by Gasteiger charge is -2.16. The van der Waals surface area contributed by atoms with Gasteiger partial charge in [-0.25, -0.2) is 0 Å². The van der Waals surface area contributed by atoms with Crippen molar-refractivity contribution in [3.63, 3.8) is 0 Å². The number of ether oxygens (including phenoxy) is 1. The van der Waals surface area contributed by atoms with Crippen molar-refractivity contribution in [1.82, 2.24) is 9.47 Å². The zero-order valence-corrected chi connectivity index (χ0v) is 16.2. The summed E-state index contributed by atoms with van der Waals surface area (Å²) in [5, 5.41) is 0. The first-order chi connectivity index (χ1) is 12.9. The molecule has 0 radical (unpaired) electrons. The van der Waals surface area contributed by atoms with Crippen LogP contribution >= 0.6 is 0 Å². The highest BCUT2D eigenvalue weighted by atomic mass is 16.5. The van der Waals surface area contributed by atoms with E-state index in [1.54, 1.807) is 7.11 Å². The molecule has 2 aromatic rings. The molecule has 1 aromatic carbocycles. The molecule has 2 N–H and O–H groups in total. The van der Waals surface area contributed by atoms with Crippen molar-refractivity contribution in [3.05, 3.63) is 41.2 Å². The van der Waals surface area contributed by atoms with Crippen molar-refractivity contribution in [1.29, 1.82) is 0 Å². The van der Waals surface area contributed by atoms with Gasteiger partial charge in [-0.2, -0.15) is 0 Å². The summed E-state index contributed by atoms with van der Waals surface area (Å²) in [4.78, 5) is 25.9. The molecule has 3 rings (SSSR count). The number of primary amides is 1. The number of nitrogens with two attached hydrogens (primary N) is 1. The van der Waals surface area contributed by atoms with Crippen LogP contribution < -0.4 is 10.5 Å². The van der Waals surface area contributed by atoms with Crippen LogP contribution in [-0.2, 0) is 11.3 Å². The topological polar surface area (TPSA) is 77.6 Å². The standard InChI is InChI=1S/C21H27N3O3/c1-14-19(16-7-9-17(27-3)10-8-16)20(21(22)26)15(2)24(14)13-5-12-23-11-4-6-18(23)25/h7-10H,4-6,11-13H2,1-3H3,(H2,22,26). The average Bonchev–Trinajstić information content (AvgIpc) is 3.17. The Balaban J connectivity index is 1.88. The van der Waals surface area contributed by atoms with E-state index in [9.17, 15) is 9.59 Å². The lowest BCUT2D eigenvalue weighted by molar-refractivity contribution is -0.127. The van der Waals surface area contributed by atoms with Gasteiger partial charge < -0.3 is 19.9 Å². The molecule has 1 aliphatic rings. The Morgan fingerprint density at radius 1 is 1.15 bits per heavy atom. The fourth-order valence-electron chi connectivity index (χ4n) is 3.99. The molecule has 27 heavy (non-hydrogen) atoms. The Morgan fingerprint density at radius 2 is 1.85 bits per heavy atom. The number of nitrogens with zero attached hydrogens (tertiary/aromatic N) is 2. The number of carbonyl (C=O) groups excluding carboxylic acids is 2. The number of amides is 2. The summed E-state index contributed by atoms with van der Waals surface area (Å²) in [5.74, 6) is 0.589. The fourth-order valence-corrected chi connectivity index (χ4v) is 3.99. The molecule has 6 heteroatoms. The third-order valence-corrected chi connectivity index (χ3v) is 5.39. The molecule has 0 saturated carbocycles. The first-order valence-corrected chi connectivity index (χ1v) is 9.35. The predicted molar refractivity (Wildman–Crippen MR) is 105 cm³/mol. The van der Waals surface area contributed by atoms with Crippen LogP contribution in [0.5, 0.6) is 5.75 Å². The number of hydrogen-bond acceptors (Lipinski definition) is 3. The van der Waals surface area contributed by atoms with Crippen molar-refractivity contribution in [2.24, 2.45) is 5.73 Å². The van der Waals surface area contributed by atoms with Crippen LogP contribution in [0.1, 0.15) is 41.0 Å². The SMILES string of the molecule is COc1ccc(-c2c(C(N)=O)c(C)n(CCCN3CCCC3=O)c2C)cc1. The van der Waals surface area contributed by atoms with Gasteiger partial charge in [-0.15, -0.1) is 0 Å². The quantitative estimate of drug-likeness (QED) is 0.815. The van der Waals surface area contributed by atoms with Crippen LogP contribution in [0.3, 0.4) is 0 Å². The molecular weight excluding hydrogens is 342 g/mol. The third-order valence-electron chi connectivity index (χ3n) is 5.39. The van der Waals surface area contributed by atoms with E-state index in [0.717, 1.165) is 60.7 Å². The maximum atomic E-state index is 12.2. The zero-order valence-electron chi connectivity index (χ0n) is 16.2. The van der Waals surface area contributed by atoms with E-state index in [-0.39, 0.29) is 5.91 Å². The molecule has 0 aliphatic carbocycles. The molecule has 0 spiro atoms. The van der Waals surface area contributed by atoms with Gasteiger partial charge >= 0.3 is 0 Å². The summed E-state index contributed by atoms with van der Waals surface area (Å²) >= 11 is 0. The van der Waals surface area contributed by atoms with Crippen molar-refractivity contribution in [3.8, 4) is 16.9 Å². The number of aromatic nitrogens is 1. The molecular formula is C21H27N3O3. The summed E-state index contributed by atoms with van der Waals surface area (Å²) in [6.45, 7) is 6.30. The highest BCUT2D eigenvalue weighted by Crippen LogP contribution is 2.33. The van der Waals surface area contributed by atoms with E-state index < -0.39 is 5.91 Å². The molecule has 1 fully saturated rings. The fraction of sp³-hybridized carbons (Fsp3) is 0.429. The summed E-state index contributed by atoms with van der Waals surface area (Å²) < 4.78 is 7.36. The van der Waals surface area contributed by atoms with Crippen molar-refractivity contribution < 1.29 is 14.3 Å². The zero-order chi connectivity index (χ0) is 19.6. The minimum absolute atomic E-state index is 0.243. The number of carbonyl (C=O) groups is 2. The highest BCUT2D eigenvalue weighted by molar-refractivity contribution is 6.02. The van der Waals surface area contributed by atoms with Crippen molar-refractivity contribution in [2.45, 2.75) is 39.7 Å². The first-order valence-electron chi connectivity index (χ1n) is 9.35. The van der Waals surface area contributed by atoms with Crippen LogP contribution in [-0.4, -0.2) is 41.5 Å². The highest BCUT2D eigenvalue weighted by Gasteiger charge is 2.23. The van der Waals surface area contributed by atoms with Gasteiger partial charge in [0.25, 0.3) is 5.91 Å². The molecule has 2 heterocycles. The number of methoxy groups -OCH3 is 1. The van der Waals surface area contributed by atoms with E-state index in [0.29, 0.717) is 12.0 Å². The molecule has 0 atom stereocenters. The van der Waals surface area contributed by atoms with Crippen LogP contribution in [0, 0.1) is 13.8 Å². The van der Waals surface area contributed by atoms with Gasteiger partial charge in [0.2, 0.25) is 5.91 Å². The number of hydrogen-bond donors (Lipinski definition) is 1. The number of rotatable bonds is 7. The smallest absolute Gasteiger partial charge is 0.251 e. The molecule has 0 unspecified atom stereocenters. The minimum Gasteiger partial charge on any atom is -0.497 e. The minimum atomic E-state index is -0.421. The van der Waals surface area contributed by atoms with Gasteiger partial charge in [0.05, 0.1) is 12.7 Å². The lowest BCUT2D eigenvalue weighted by atomic mass is 10.00. The van der Waals surface area contributed by atoms with Crippen molar-refractivity contribution >= 4 is 11.8 Å². The summed E-state index contributed by atoms with van der Waals surface area (Å²) in [6, 6.07) is 7.65. The molecule has 6 nitrogen and oxygen atoms in total. The number of likely N-dealkylation sites (tertiary alicyclic amines) is 1. The monoisotopic (exact) mass is 369 g/mol. The average molecular weight is 369 g/mol. The van der Waals surface area contributed by atoms with Crippen molar-refractivity contribution in [2.75, 3.05) is 20.2 Å². The van der Waals surface area contributed by atoms with Crippen LogP contribution in [0.15, 0.2) is 24.3 Å². The first kappa shape index (κ1) is 19.0. The Labute approximate surface area is 159 Å². The van der Waals surface area contributed by atoms with E-state index >= 15 is 0 Å². The lowest BCUT2D eigenvalue weighted by Crippen LogP contribution is -2.26. The predicted octanol–water partition coefficient (Wildman–Crippen LogP) is 2.89. The second kappa shape index (κ2) is 7.86. The Kier molecular flexibility index (Phi) is 5.54.